The van der Waals surface area contributed by atoms with E-state index in [1.54, 1.807) is 25.3 Å². The van der Waals surface area contributed by atoms with Gasteiger partial charge in [-0.15, -0.1) is 11.3 Å². The summed E-state index contributed by atoms with van der Waals surface area (Å²) in [5.41, 5.74) is 1.50. The zero-order valence-electron chi connectivity index (χ0n) is 15.0. The molecule has 0 saturated carbocycles. The molecule has 1 amide bonds. The van der Waals surface area contributed by atoms with Crippen molar-refractivity contribution in [1.82, 2.24) is 4.98 Å². The highest BCUT2D eigenvalue weighted by Crippen LogP contribution is 2.33. The van der Waals surface area contributed by atoms with E-state index >= 15 is 0 Å². The smallest absolute Gasteiger partial charge is 0.265 e. The molecule has 140 valence electrons. The van der Waals surface area contributed by atoms with Gasteiger partial charge < -0.3 is 19.5 Å². The van der Waals surface area contributed by atoms with Gasteiger partial charge >= 0.3 is 0 Å². The highest BCUT2D eigenvalue weighted by molar-refractivity contribution is 7.20. The number of amides is 1. The second-order valence-electron chi connectivity index (χ2n) is 6.36. The van der Waals surface area contributed by atoms with Crippen LogP contribution in [0.15, 0.2) is 48.5 Å². The average molecular weight is 392 g/mol. The van der Waals surface area contributed by atoms with Crippen molar-refractivity contribution in [3.63, 3.8) is 0 Å². The van der Waals surface area contributed by atoms with Crippen LogP contribution >= 0.6 is 11.3 Å². The van der Waals surface area contributed by atoms with Gasteiger partial charge in [0.15, 0.2) is 11.5 Å². The van der Waals surface area contributed by atoms with Gasteiger partial charge in [0.25, 0.3) is 5.91 Å². The molecule has 0 unspecified atom stereocenters. The van der Waals surface area contributed by atoms with Crippen molar-refractivity contribution in [2.75, 3.05) is 25.6 Å². The first-order valence-corrected chi connectivity index (χ1v) is 9.60. The lowest BCUT2D eigenvalue weighted by molar-refractivity contribution is 0.103. The molecule has 5 rings (SSSR count). The van der Waals surface area contributed by atoms with E-state index in [2.05, 4.69) is 10.3 Å². The standard InChI is InChI=1S/C21H16N2O4S/c1-25-15-4-2-12-8-13-9-19(28-21(13)23-16(12)11-15)20(24)22-14-3-5-17-18(10-14)27-7-6-26-17/h2-5,8-11H,6-7H2,1H3,(H,22,24). The second-order valence-corrected chi connectivity index (χ2v) is 7.40. The van der Waals surface area contributed by atoms with Crippen molar-refractivity contribution in [3.8, 4) is 17.2 Å². The van der Waals surface area contributed by atoms with Gasteiger partial charge in [-0.2, -0.15) is 0 Å². The van der Waals surface area contributed by atoms with Gasteiger partial charge in [-0.3, -0.25) is 4.79 Å². The highest BCUT2D eigenvalue weighted by Gasteiger charge is 2.15. The van der Waals surface area contributed by atoms with Crippen molar-refractivity contribution in [2.24, 2.45) is 0 Å². The number of hydrogen-bond acceptors (Lipinski definition) is 6. The Morgan fingerprint density at radius 2 is 1.89 bits per heavy atom. The number of benzene rings is 2. The molecule has 0 saturated heterocycles. The zero-order chi connectivity index (χ0) is 19.1. The number of pyridine rings is 1. The Labute approximate surface area is 164 Å². The number of fused-ring (bicyclic) bond motifs is 3. The normalized spacial score (nSPS) is 12.9. The van der Waals surface area contributed by atoms with Gasteiger partial charge in [0.1, 0.15) is 23.8 Å². The molecule has 4 aromatic rings. The third kappa shape index (κ3) is 2.99. The fraction of sp³-hybridized carbons (Fsp3) is 0.143. The Morgan fingerprint density at radius 3 is 2.75 bits per heavy atom. The van der Waals surface area contributed by atoms with Gasteiger partial charge in [-0.25, -0.2) is 4.98 Å². The van der Waals surface area contributed by atoms with E-state index in [9.17, 15) is 4.79 Å². The number of anilines is 1. The molecular formula is C21H16N2O4S. The van der Waals surface area contributed by atoms with Crippen LogP contribution in [0.25, 0.3) is 21.1 Å². The van der Waals surface area contributed by atoms with Gasteiger partial charge in [0.2, 0.25) is 0 Å². The van der Waals surface area contributed by atoms with Gasteiger partial charge in [0, 0.05) is 28.6 Å². The van der Waals surface area contributed by atoms with Crippen molar-refractivity contribution >= 4 is 44.1 Å². The van der Waals surface area contributed by atoms with Crippen molar-refractivity contribution < 1.29 is 19.0 Å². The van der Waals surface area contributed by atoms with Crippen LogP contribution in [0.1, 0.15) is 9.67 Å². The van der Waals surface area contributed by atoms with Crippen LogP contribution in [0.5, 0.6) is 17.2 Å². The summed E-state index contributed by atoms with van der Waals surface area (Å²) in [6.07, 6.45) is 0. The van der Waals surface area contributed by atoms with Crippen LogP contribution in [-0.2, 0) is 0 Å². The molecule has 0 atom stereocenters. The van der Waals surface area contributed by atoms with E-state index in [1.165, 1.54) is 11.3 Å². The number of hydrogen-bond donors (Lipinski definition) is 1. The number of methoxy groups -OCH3 is 1. The Bertz CT molecular complexity index is 1220. The second kappa shape index (κ2) is 6.69. The number of rotatable bonds is 3. The van der Waals surface area contributed by atoms with Crippen LogP contribution in [0, 0.1) is 0 Å². The molecule has 28 heavy (non-hydrogen) atoms. The SMILES string of the molecule is COc1ccc2cc3cc(C(=O)Nc4ccc5c(c4)OCCO5)sc3nc2c1. The minimum absolute atomic E-state index is 0.179. The zero-order valence-corrected chi connectivity index (χ0v) is 15.8. The van der Waals surface area contributed by atoms with Crippen molar-refractivity contribution in [3.05, 3.63) is 53.4 Å². The minimum atomic E-state index is -0.179. The summed E-state index contributed by atoms with van der Waals surface area (Å²) in [7, 11) is 1.63. The Hall–Kier alpha value is -3.32. The van der Waals surface area contributed by atoms with Crippen molar-refractivity contribution in [2.45, 2.75) is 0 Å². The molecule has 0 spiro atoms. The van der Waals surface area contributed by atoms with Gasteiger partial charge in [-0.1, -0.05) is 0 Å². The molecule has 0 radical (unpaired) electrons. The average Bonchev–Trinajstić information content (AvgIpc) is 3.14. The Balaban J connectivity index is 1.45. The monoisotopic (exact) mass is 392 g/mol. The third-order valence-electron chi connectivity index (χ3n) is 4.53. The quantitative estimate of drug-likeness (QED) is 0.557. The summed E-state index contributed by atoms with van der Waals surface area (Å²) in [6.45, 7) is 1.04. The van der Waals surface area contributed by atoms with Crippen LogP contribution < -0.4 is 19.5 Å². The van der Waals surface area contributed by atoms with E-state index < -0.39 is 0 Å². The predicted octanol–water partition coefficient (Wildman–Crippen LogP) is 4.48. The van der Waals surface area contributed by atoms with E-state index in [0.717, 1.165) is 26.9 Å². The highest BCUT2D eigenvalue weighted by atomic mass is 32.1. The summed E-state index contributed by atoms with van der Waals surface area (Å²) in [6, 6.07) is 15.0. The molecule has 0 bridgehead atoms. The maximum Gasteiger partial charge on any atom is 0.265 e. The number of nitrogens with zero attached hydrogens (tertiary/aromatic N) is 1. The lowest BCUT2D eigenvalue weighted by Crippen LogP contribution is -2.16. The lowest BCUT2D eigenvalue weighted by atomic mass is 10.2. The molecule has 1 N–H and O–H groups in total. The summed E-state index contributed by atoms with van der Waals surface area (Å²) >= 11 is 1.36. The third-order valence-corrected chi connectivity index (χ3v) is 5.58. The molecule has 7 heteroatoms. The molecule has 2 aromatic heterocycles. The fourth-order valence-corrected chi connectivity index (χ4v) is 4.08. The van der Waals surface area contributed by atoms with Crippen LogP contribution in [0.4, 0.5) is 5.69 Å². The number of ether oxygens (including phenoxy) is 3. The van der Waals surface area contributed by atoms with Crippen LogP contribution in [0.2, 0.25) is 0 Å². The molecule has 6 nitrogen and oxygen atoms in total. The summed E-state index contributed by atoms with van der Waals surface area (Å²) in [5, 5.41) is 4.86. The van der Waals surface area contributed by atoms with E-state index in [-0.39, 0.29) is 5.91 Å². The van der Waals surface area contributed by atoms with Crippen LogP contribution in [0.3, 0.4) is 0 Å². The van der Waals surface area contributed by atoms with E-state index in [4.69, 9.17) is 14.2 Å². The topological polar surface area (TPSA) is 69.7 Å². The van der Waals surface area contributed by atoms with Crippen molar-refractivity contribution in [1.29, 1.82) is 0 Å². The van der Waals surface area contributed by atoms with Gasteiger partial charge in [0.05, 0.1) is 17.5 Å². The molecule has 2 aromatic carbocycles. The lowest BCUT2D eigenvalue weighted by Gasteiger charge is -2.18. The number of carbonyl (C=O) groups excluding carboxylic acids is 1. The summed E-state index contributed by atoms with van der Waals surface area (Å²) in [5.74, 6) is 1.91. The number of thiophene rings is 1. The Kier molecular flexibility index (Phi) is 4.02. The molecular weight excluding hydrogens is 376 g/mol. The number of aromatic nitrogens is 1. The summed E-state index contributed by atoms with van der Waals surface area (Å²) in [4.78, 5) is 18.8. The molecule has 0 aliphatic carbocycles. The molecule has 1 aliphatic heterocycles. The van der Waals surface area contributed by atoms with E-state index in [1.807, 2.05) is 30.3 Å². The minimum Gasteiger partial charge on any atom is -0.497 e. The first kappa shape index (κ1) is 16.8. The summed E-state index contributed by atoms with van der Waals surface area (Å²) < 4.78 is 16.3. The molecule has 3 heterocycles. The molecule has 1 aliphatic rings. The largest absolute Gasteiger partial charge is 0.497 e. The maximum absolute atomic E-state index is 12.7. The van der Waals surface area contributed by atoms with Crippen LogP contribution in [-0.4, -0.2) is 31.2 Å². The molecule has 0 fully saturated rings. The predicted molar refractivity (Wildman–Crippen MR) is 109 cm³/mol. The first-order chi connectivity index (χ1) is 13.7. The maximum atomic E-state index is 12.7. The number of carbonyl (C=O) groups is 1. The number of nitrogens with one attached hydrogen (secondary N) is 1. The van der Waals surface area contributed by atoms with Gasteiger partial charge in [-0.05, 0) is 36.4 Å². The first-order valence-electron chi connectivity index (χ1n) is 8.79. The van der Waals surface area contributed by atoms with E-state index in [0.29, 0.717) is 35.3 Å². The fourth-order valence-electron chi connectivity index (χ4n) is 3.16. The Morgan fingerprint density at radius 1 is 1.04 bits per heavy atom.